The van der Waals surface area contributed by atoms with Crippen molar-refractivity contribution < 1.29 is 0 Å². The molecule has 2 rings (SSSR count). The lowest BCUT2D eigenvalue weighted by Crippen LogP contribution is -2.29. The summed E-state index contributed by atoms with van der Waals surface area (Å²) >= 11 is 2.28. The van der Waals surface area contributed by atoms with Crippen LogP contribution in [0.4, 0.5) is 5.69 Å². The molecule has 1 heterocycles. The van der Waals surface area contributed by atoms with E-state index in [1.54, 1.807) is 0 Å². The van der Waals surface area contributed by atoms with E-state index in [1.807, 2.05) is 0 Å². The van der Waals surface area contributed by atoms with Crippen LogP contribution in [0.15, 0.2) is 23.2 Å². The minimum atomic E-state index is 0.504. The number of hydrogen-bond acceptors (Lipinski definition) is 3. The lowest BCUT2D eigenvalue weighted by molar-refractivity contribution is 1.01. The third-order valence-electron chi connectivity index (χ3n) is 2.10. The molecule has 0 fully saturated rings. The van der Waals surface area contributed by atoms with Gasteiger partial charge in [-0.1, -0.05) is 5.92 Å². The highest BCUT2D eigenvalue weighted by molar-refractivity contribution is 14.1. The van der Waals surface area contributed by atoms with Crippen LogP contribution in [-0.2, 0) is 0 Å². The Labute approximate surface area is 103 Å². The standard InChI is InChI=1S/C11H10IN3/c1-2-5-13-11-9-6-8(12)3-4-10(9)14-7-15-11/h1,3-4,6,14H,5,7H2,(H,13,15). The first-order chi connectivity index (χ1) is 7.31. The van der Waals surface area contributed by atoms with Gasteiger partial charge in [-0.25, -0.2) is 4.99 Å². The van der Waals surface area contributed by atoms with Gasteiger partial charge in [0.25, 0.3) is 0 Å². The molecule has 0 bridgehead atoms. The first kappa shape index (κ1) is 10.3. The second kappa shape index (κ2) is 4.53. The van der Waals surface area contributed by atoms with Gasteiger partial charge in [0, 0.05) is 14.8 Å². The van der Waals surface area contributed by atoms with E-state index in [0.29, 0.717) is 13.2 Å². The quantitative estimate of drug-likeness (QED) is 0.611. The summed E-state index contributed by atoms with van der Waals surface area (Å²) in [5, 5.41) is 6.34. The summed E-state index contributed by atoms with van der Waals surface area (Å²) in [7, 11) is 0. The summed E-state index contributed by atoms with van der Waals surface area (Å²) in [5.74, 6) is 3.42. The molecule has 0 spiro atoms. The van der Waals surface area contributed by atoms with Crippen molar-refractivity contribution in [1.29, 1.82) is 0 Å². The Bertz CT molecular complexity index is 446. The number of amidine groups is 1. The third kappa shape index (κ3) is 2.23. The van der Waals surface area contributed by atoms with Gasteiger partial charge in [0.15, 0.2) is 0 Å². The molecule has 15 heavy (non-hydrogen) atoms. The molecule has 0 saturated heterocycles. The maximum atomic E-state index is 5.21. The lowest BCUT2D eigenvalue weighted by Gasteiger charge is -2.18. The lowest BCUT2D eigenvalue weighted by atomic mass is 10.1. The second-order valence-electron chi connectivity index (χ2n) is 3.09. The van der Waals surface area contributed by atoms with Gasteiger partial charge < -0.3 is 10.6 Å². The number of nitrogens with one attached hydrogen (secondary N) is 2. The van der Waals surface area contributed by atoms with Crippen molar-refractivity contribution in [3.63, 3.8) is 0 Å². The van der Waals surface area contributed by atoms with Crippen molar-refractivity contribution in [3.8, 4) is 12.3 Å². The first-order valence-corrected chi connectivity index (χ1v) is 5.64. The van der Waals surface area contributed by atoms with Crippen molar-refractivity contribution in [1.82, 2.24) is 5.32 Å². The van der Waals surface area contributed by atoms with Gasteiger partial charge in [-0.2, -0.15) is 0 Å². The van der Waals surface area contributed by atoms with Crippen LogP contribution in [-0.4, -0.2) is 19.0 Å². The zero-order valence-corrected chi connectivity index (χ0v) is 10.2. The fourth-order valence-corrected chi connectivity index (χ4v) is 1.93. The van der Waals surface area contributed by atoms with Crippen LogP contribution in [0.2, 0.25) is 0 Å². The normalized spacial score (nSPS) is 13.2. The maximum absolute atomic E-state index is 5.21. The van der Waals surface area contributed by atoms with Gasteiger partial charge in [0.05, 0.1) is 6.54 Å². The van der Waals surface area contributed by atoms with Crippen molar-refractivity contribution in [3.05, 3.63) is 27.3 Å². The van der Waals surface area contributed by atoms with Gasteiger partial charge in [0.1, 0.15) is 12.5 Å². The molecule has 0 amide bonds. The van der Waals surface area contributed by atoms with Gasteiger partial charge in [-0.05, 0) is 40.8 Å². The smallest absolute Gasteiger partial charge is 0.133 e. The molecule has 0 unspecified atom stereocenters. The molecule has 1 aromatic rings. The summed E-state index contributed by atoms with van der Waals surface area (Å²) in [4.78, 5) is 4.34. The molecule has 0 radical (unpaired) electrons. The molecule has 4 heteroatoms. The second-order valence-corrected chi connectivity index (χ2v) is 4.33. The summed E-state index contributed by atoms with van der Waals surface area (Å²) in [6, 6.07) is 6.21. The summed E-state index contributed by atoms with van der Waals surface area (Å²) in [5.41, 5.74) is 2.19. The van der Waals surface area contributed by atoms with Crippen LogP contribution >= 0.6 is 22.6 Å². The molecule has 2 N–H and O–H groups in total. The van der Waals surface area contributed by atoms with Crippen LogP contribution in [0.1, 0.15) is 5.56 Å². The van der Waals surface area contributed by atoms with E-state index in [9.17, 15) is 0 Å². The number of nitrogens with zero attached hydrogens (tertiary/aromatic N) is 1. The molecule has 0 saturated carbocycles. The zero-order valence-electron chi connectivity index (χ0n) is 8.05. The predicted molar refractivity (Wildman–Crippen MR) is 71.0 cm³/mol. The van der Waals surface area contributed by atoms with E-state index < -0.39 is 0 Å². The van der Waals surface area contributed by atoms with Gasteiger partial charge in [-0.3, -0.25) is 0 Å². The minimum absolute atomic E-state index is 0.504. The number of rotatable bonds is 1. The molecular formula is C11H10IN3. The Morgan fingerprint density at radius 1 is 1.60 bits per heavy atom. The van der Waals surface area contributed by atoms with E-state index in [2.05, 4.69) is 62.3 Å². The monoisotopic (exact) mass is 311 g/mol. The summed E-state index contributed by atoms with van der Waals surface area (Å²) in [6.45, 7) is 1.10. The Morgan fingerprint density at radius 3 is 3.27 bits per heavy atom. The maximum Gasteiger partial charge on any atom is 0.133 e. The minimum Gasteiger partial charge on any atom is -0.366 e. The van der Waals surface area contributed by atoms with E-state index in [-0.39, 0.29) is 0 Å². The number of terminal acetylenes is 1. The molecule has 1 aromatic carbocycles. The first-order valence-electron chi connectivity index (χ1n) is 4.57. The van der Waals surface area contributed by atoms with Crippen LogP contribution < -0.4 is 10.6 Å². The number of aliphatic imine (C=N–C) groups is 1. The SMILES string of the molecule is C#CCNC1=NCNc2ccc(I)cc21. The molecular weight excluding hydrogens is 301 g/mol. The third-order valence-corrected chi connectivity index (χ3v) is 2.77. The van der Waals surface area contributed by atoms with Crippen molar-refractivity contribution in [2.45, 2.75) is 0 Å². The number of hydrogen-bond donors (Lipinski definition) is 2. The Kier molecular flexibility index (Phi) is 3.11. The Hall–Kier alpha value is -1.22. The highest BCUT2D eigenvalue weighted by Gasteiger charge is 2.12. The average Bonchev–Trinajstić information content (AvgIpc) is 2.26. The number of fused-ring (bicyclic) bond motifs is 1. The molecule has 1 aliphatic rings. The highest BCUT2D eigenvalue weighted by atomic mass is 127. The Balaban J connectivity index is 2.33. The summed E-state index contributed by atoms with van der Waals surface area (Å²) in [6.07, 6.45) is 5.21. The molecule has 0 aromatic heterocycles. The Morgan fingerprint density at radius 2 is 2.47 bits per heavy atom. The average molecular weight is 311 g/mol. The predicted octanol–water partition coefficient (Wildman–Crippen LogP) is 1.64. The largest absolute Gasteiger partial charge is 0.366 e. The molecule has 76 valence electrons. The number of anilines is 1. The van der Waals surface area contributed by atoms with Crippen molar-refractivity contribution >= 4 is 34.1 Å². The van der Waals surface area contributed by atoms with E-state index in [0.717, 1.165) is 17.1 Å². The van der Waals surface area contributed by atoms with Gasteiger partial charge >= 0.3 is 0 Å². The number of benzene rings is 1. The van der Waals surface area contributed by atoms with E-state index in [4.69, 9.17) is 6.42 Å². The topological polar surface area (TPSA) is 36.4 Å². The summed E-state index contributed by atoms with van der Waals surface area (Å²) < 4.78 is 1.19. The van der Waals surface area contributed by atoms with Crippen LogP contribution in [0.3, 0.4) is 0 Å². The van der Waals surface area contributed by atoms with Crippen LogP contribution in [0, 0.1) is 15.9 Å². The fourth-order valence-electron chi connectivity index (χ4n) is 1.44. The van der Waals surface area contributed by atoms with Gasteiger partial charge in [0.2, 0.25) is 0 Å². The fraction of sp³-hybridized carbons (Fsp3) is 0.182. The molecule has 3 nitrogen and oxygen atoms in total. The number of halogens is 1. The van der Waals surface area contributed by atoms with Crippen LogP contribution in [0.5, 0.6) is 0 Å². The van der Waals surface area contributed by atoms with Crippen molar-refractivity contribution in [2.24, 2.45) is 4.99 Å². The molecule has 0 atom stereocenters. The van der Waals surface area contributed by atoms with E-state index in [1.165, 1.54) is 3.57 Å². The van der Waals surface area contributed by atoms with Crippen LogP contribution in [0.25, 0.3) is 0 Å². The highest BCUT2D eigenvalue weighted by Crippen LogP contribution is 2.21. The molecule has 0 aliphatic carbocycles. The zero-order chi connectivity index (χ0) is 10.7. The molecule has 1 aliphatic heterocycles. The van der Waals surface area contributed by atoms with E-state index >= 15 is 0 Å². The van der Waals surface area contributed by atoms with Gasteiger partial charge in [-0.15, -0.1) is 6.42 Å². The van der Waals surface area contributed by atoms with Crippen molar-refractivity contribution in [2.75, 3.05) is 18.5 Å².